The molecule has 0 saturated heterocycles. The van der Waals surface area contributed by atoms with Crippen molar-refractivity contribution in [3.8, 4) is 0 Å². The van der Waals surface area contributed by atoms with Gasteiger partial charge in [0.1, 0.15) is 13.1 Å². The van der Waals surface area contributed by atoms with E-state index in [-0.39, 0.29) is 16.8 Å². The van der Waals surface area contributed by atoms with E-state index in [0.717, 1.165) is 26.8 Å². The Kier molecular flexibility index (Phi) is 6.18. The molecule has 0 spiro atoms. The van der Waals surface area contributed by atoms with E-state index in [1.54, 1.807) is 42.5 Å². The topological polar surface area (TPSA) is 78.0 Å². The third-order valence-corrected chi connectivity index (χ3v) is 5.50. The molecule has 4 amide bonds. The summed E-state index contributed by atoms with van der Waals surface area (Å²) in [6.45, 7) is -1.02. The molecule has 172 valence electrons. The molecule has 3 aromatic carbocycles. The minimum Gasteiger partial charge on any atom is -0.314 e. The Bertz CT molecular complexity index is 1260. The second-order valence-corrected chi connectivity index (χ2v) is 7.61. The first-order chi connectivity index (χ1) is 16.3. The Hall–Kier alpha value is -4.40. The van der Waals surface area contributed by atoms with Crippen molar-refractivity contribution >= 4 is 35.0 Å². The standard InChI is InChI=1S/C25H19F2N3O4/c1-28(17-11-12-20(26)21(27)13-17)22(31)14-29(16-7-3-2-4-8-16)23(32)15-30-24(33)18-9-5-6-10-19(18)25(30)34/h2-13H,14-15H2,1H3. The van der Waals surface area contributed by atoms with E-state index in [4.69, 9.17) is 0 Å². The summed E-state index contributed by atoms with van der Waals surface area (Å²) >= 11 is 0. The molecule has 34 heavy (non-hydrogen) atoms. The highest BCUT2D eigenvalue weighted by atomic mass is 19.2. The third-order valence-electron chi connectivity index (χ3n) is 5.50. The molecule has 4 rings (SSSR count). The maximum absolute atomic E-state index is 13.6. The molecule has 0 fully saturated rings. The zero-order chi connectivity index (χ0) is 24.4. The number of benzene rings is 3. The fraction of sp³-hybridized carbons (Fsp3) is 0.120. The van der Waals surface area contributed by atoms with Crippen LogP contribution in [0.4, 0.5) is 20.2 Å². The van der Waals surface area contributed by atoms with Gasteiger partial charge in [-0.25, -0.2) is 8.78 Å². The molecule has 0 atom stereocenters. The summed E-state index contributed by atoms with van der Waals surface area (Å²) in [5.74, 6) is -4.59. The van der Waals surface area contributed by atoms with Crippen molar-refractivity contribution in [2.45, 2.75) is 0 Å². The van der Waals surface area contributed by atoms with Crippen LogP contribution in [-0.4, -0.2) is 48.7 Å². The zero-order valence-electron chi connectivity index (χ0n) is 18.1. The van der Waals surface area contributed by atoms with Gasteiger partial charge >= 0.3 is 0 Å². The van der Waals surface area contributed by atoms with Crippen molar-refractivity contribution in [1.29, 1.82) is 0 Å². The fourth-order valence-corrected chi connectivity index (χ4v) is 3.61. The van der Waals surface area contributed by atoms with Crippen LogP contribution in [0.3, 0.4) is 0 Å². The van der Waals surface area contributed by atoms with Gasteiger partial charge in [0.2, 0.25) is 11.8 Å². The maximum atomic E-state index is 13.6. The molecule has 3 aromatic rings. The van der Waals surface area contributed by atoms with Gasteiger partial charge in [0.05, 0.1) is 11.1 Å². The van der Waals surface area contributed by atoms with E-state index in [9.17, 15) is 28.0 Å². The van der Waals surface area contributed by atoms with Crippen LogP contribution in [0.2, 0.25) is 0 Å². The largest absolute Gasteiger partial charge is 0.314 e. The summed E-state index contributed by atoms with van der Waals surface area (Å²) in [6.07, 6.45) is 0. The molecule has 0 unspecified atom stereocenters. The van der Waals surface area contributed by atoms with E-state index in [0.29, 0.717) is 5.69 Å². The summed E-state index contributed by atoms with van der Waals surface area (Å²) in [5, 5.41) is 0. The highest BCUT2D eigenvalue weighted by Crippen LogP contribution is 2.24. The van der Waals surface area contributed by atoms with Crippen LogP contribution in [0.5, 0.6) is 0 Å². The van der Waals surface area contributed by atoms with Crippen LogP contribution in [0.15, 0.2) is 72.8 Å². The number of nitrogens with zero attached hydrogens (tertiary/aromatic N) is 3. The number of rotatable bonds is 6. The molecule has 1 aliphatic heterocycles. The molecular formula is C25H19F2N3O4. The molecule has 7 nitrogen and oxygen atoms in total. The van der Waals surface area contributed by atoms with Crippen LogP contribution in [0.25, 0.3) is 0 Å². The third kappa shape index (κ3) is 4.27. The van der Waals surface area contributed by atoms with Crippen molar-refractivity contribution in [3.63, 3.8) is 0 Å². The predicted octanol–water partition coefficient (Wildman–Crippen LogP) is 3.26. The molecule has 0 radical (unpaired) electrons. The van der Waals surface area contributed by atoms with Crippen molar-refractivity contribution < 1.29 is 28.0 Å². The van der Waals surface area contributed by atoms with E-state index in [1.165, 1.54) is 25.2 Å². The van der Waals surface area contributed by atoms with Crippen LogP contribution < -0.4 is 9.80 Å². The van der Waals surface area contributed by atoms with E-state index in [1.807, 2.05) is 0 Å². The van der Waals surface area contributed by atoms with Gasteiger partial charge in [-0.1, -0.05) is 30.3 Å². The Balaban J connectivity index is 1.56. The zero-order valence-corrected chi connectivity index (χ0v) is 18.1. The number of carbonyl (C=O) groups is 4. The molecule has 0 aliphatic carbocycles. The lowest BCUT2D eigenvalue weighted by Gasteiger charge is -2.27. The van der Waals surface area contributed by atoms with Gasteiger partial charge in [0, 0.05) is 24.5 Å². The molecule has 0 N–H and O–H groups in total. The van der Waals surface area contributed by atoms with Gasteiger partial charge in [-0.05, 0) is 36.4 Å². The van der Waals surface area contributed by atoms with Crippen molar-refractivity contribution in [2.75, 3.05) is 29.9 Å². The van der Waals surface area contributed by atoms with Gasteiger partial charge in [-0.2, -0.15) is 0 Å². The van der Waals surface area contributed by atoms with E-state index < -0.39 is 48.4 Å². The number of fused-ring (bicyclic) bond motifs is 1. The van der Waals surface area contributed by atoms with Gasteiger partial charge in [0.25, 0.3) is 11.8 Å². The Labute approximate surface area is 193 Å². The normalized spacial score (nSPS) is 12.5. The lowest BCUT2D eigenvalue weighted by molar-refractivity contribution is -0.122. The minimum atomic E-state index is -1.11. The molecule has 0 aromatic heterocycles. The number of hydrogen-bond acceptors (Lipinski definition) is 4. The van der Waals surface area contributed by atoms with E-state index in [2.05, 4.69) is 0 Å². The average molecular weight is 463 g/mol. The fourth-order valence-electron chi connectivity index (χ4n) is 3.61. The van der Waals surface area contributed by atoms with Crippen LogP contribution in [0, 0.1) is 11.6 Å². The number of hydrogen-bond donors (Lipinski definition) is 0. The van der Waals surface area contributed by atoms with Crippen molar-refractivity contribution in [3.05, 3.63) is 95.6 Å². The Morgan fingerprint density at radius 3 is 1.94 bits per heavy atom. The first kappa shape index (κ1) is 22.8. The summed E-state index contributed by atoms with van der Waals surface area (Å²) in [6, 6.07) is 17.5. The summed E-state index contributed by atoms with van der Waals surface area (Å²) in [4.78, 5) is 54.6. The number of likely N-dealkylation sites (N-methyl/N-ethyl adjacent to an activating group) is 1. The minimum absolute atomic E-state index is 0.102. The van der Waals surface area contributed by atoms with Gasteiger partial charge < -0.3 is 9.80 Å². The second-order valence-electron chi connectivity index (χ2n) is 7.61. The second kappa shape index (κ2) is 9.22. The van der Waals surface area contributed by atoms with Gasteiger partial charge in [0.15, 0.2) is 11.6 Å². The van der Waals surface area contributed by atoms with Gasteiger partial charge in [-0.3, -0.25) is 24.1 Å². The van der Waals surface area contributed by atoms with E-state index >= 15 is 0 Å². The maximum Gasteiger partial charge on any atom is 0.262 e. The molecule has 0 saturated carbocycles. The molecular weight excluding hydrogens is 444 g/mol. The van der Waals surface area contributed by atoms with Crippen LogP contribution in [0.1, 0.15) is 20.7 Å². The summed E-state index contributed by atoms with van der Waals surface area (Å²) in [5.41, 5.74) is 0.891. The molecule has 1 aliphatic rings. The number of imide groups is 1. The highest BCUT2D eigenvalue weighted by Gasteiger charge is 2.37. The summed E-state index contributed by atoms with van der Waals surface area (Å²) in [7, 11) is 1.37. The summed E-state index contributed by atoms with van der Waals surface area (Å²) < 4.78 is 26.9. The smallest absolute Gasteiger partial charge is 0.262 e. The van der Waals surface area contributed by atoms with Crippen molar-refractivity contribution in [1.82, 2.24) is 4.90 Å². The quantitative estimate of drug-likeness (QED) is 0.526. The number of carbonyl (C=O) groups excluding carboxylic acids is 4. The lowest BCUT2D eigenvalue weighted by atomic mass is 10.1. The number of anilines is 2. The van der Waals surface area contributed by atoms with Crippen LogP contribution >= 0.6 is 0 Å². The lowest BCUT2D eigenvalue weighted by Crippen LogP contribution is -2.47. The first-order valence-corrected chi connectivity index (χ1v) is 10.3. The Morgan fingerprint density at radius 2 is 1.35 bits per heavy atom. The highest BCUT2D eigenvalue weighted by molar-refractivity contribution is 6.23. The van der Waals surface area contributed by atoms with Crippen molar-refractivity contribution in [2.24, 2.45) is 0 Å². The first-order valence-electron chi connectivity index (χ1n) is 10.3. The average Bonchev–Trinajstić information content (AvgIpc) is 3.09. The molecule has 9 heteroatoms. The molecule has 0 bridgehead atoms. The number of amides is 4. The monoisotopic (exact) mass is 463 g/mol. The number of halogens is 2. The predicted molar refractivity (Wildman–Crippen MR) is 120 cm³/mol. The number of para-hydroxylation sites is 1. The molecule has 1 heterocycles. The van der Waals surface area contributed by atoms with Gasteiger partial charge in [-0.15, -0.1) is 0 Å². The SMILES string of the molecule is CN(C(=O)CN(C(=O)CN1C(=O)c2ccccc2C1=O)c1ccccc1)c1ccc(F)c(F)c1. The Morgan fingerprint density at radius 1 is 0.765 bits per heavy atom. The van der Waals surface area contributed by atoms with Crippen LogP contribution in [-0.2, 0) is 9.59 Å².